The Morgan fingerprint density at radius 1 is 1.33 bits per heavy atom. The van der Waals surface area contributed by atoms with Crippen molar-refractivity contribution in [2.45, 2.75) is 33.1 Å². The van der Waals surface area contributed by atoms with Crippen molar-refractivity contribution in [3.8, 4) is 0 Å². The average molecular weight is 329 g/mol. The zero-order chi connectivity index (χ0) is 17.3. The van der Waals surface area contributed by atoms with E-state index in [0.717, 1.165) is 18.8 Å². The van der Waals surface area contributed by atoms with Crippen LogP contribution in [0.2, 0.25) is 0 Å². The van der Waals surface area contributed by atoms with E-state index < -0.39 is 0 Å². The van der Waals surface area contributed by atoms with Gasteiger partial charge in [-0.1, -0.05) is 13.8 Å². The second kappa shape index (κ2) is 6.59. The Balaban J connectivity index is 1.84. The van der Waals surface area contributed by atoms with Gasteiger partial charge >= 0.3 is 0 Å². The molecule has 0 saturated carbocycles. The van der Waals surface area contributed by atoms with Crippen LogP contribution in [0.15, 0.2) is 18.3 Å². The molecule has 7 heteroatoms. The summed E-state index contributed by atoms with van der Waals surface area (Å²) in [5, 5.41) is 11.4. The summed E-state index contributed by atoms with van der Waals surface area (Å²) >= 11 is 0. The number of nitrogens with zero attached hydrogens (tertiary/aromatic N) is 4. The van der Waals surface area contributed by atoms with Crippen LogP contribution >= 0.6 is 0 Å². The van der Waals surface area contributed by atoms with Crippen LogP contribution in [0, 0.1) is 5.92 Å². The number of aromatic nitrogens is 3. The second-order valence-electron chi connectivity index (χ2n) is 6.76. The zero-order valence-electron chi connectivity index (χ0n) is 14.3. The molecule has 1 saturated heterocycles. The first kappa shape index (κ1) is 16.4. The summed E-state index contributed by atoms with van der Waals surface area (Å²) in [6.07, 6.45) is 2.65. The lowest BCUT2D eigenvalue weighted by Gasteiger charge is -2.13. The normalized spacial score (nSPS) is 17.7. The fourth-order valence-corrected chi connectivity index (χ4v) is 2.98. The van der Waals surface area contributed by atoms with Crippen molar-refractivity contribution >= 4 is 17.5 Å². The quantitative estimate of drug-likeness (QED) is 0.921. The summed E-state index contributed by atoms with van der Waals surface area (Å²) in [5.74, 6) is 1.35. The number of hydrogen-bond acceptors (Lipinski definition) is 4. The first-order valence-electron chi connectivity index (χ1n) is 8.34. The van der Waals surface area contributed by atoms with Crippen LogP contribution in [0.1, 0.15) is 49.3 Å². The van der Waals surface area contributed by atoms with Crippen molar-refractivity contribution in [1.82, 2.24) is 24.8 Å². The Morgan fingerprint density at radius 3 is 2.79 bits per heavy atom. The fraction of sp³-hybridized carbons (Fsp3) is 0.529. The van der Waals surface area contributed by atoms with Crippen molar-refractivity contribution in [2.24, 2.45) is 5.92 Å². The number of carbonyl (C=O) groups excluding carboxylic acids is 2. The molecule has 24 heavy (non-hydrogen) atoms. The summed E-state index contributed by atoms with van der Waals surface area (Å²) in [5.41, 5.74) is 1.30. The third-order valence-electron chi connectivity index (χ3n) is 4.36. The van der Waals surface area contributed by atoms with Crippen LogP contribution in [0.4, 0.5) is 0 Å². The van der Waals surface area contributed by atoms with Gasteiger partial charge in [-0.15, -0.1) is 10.2 Å². The first-order chi connectivity index (χ1) is 11.5. The number of hydrogen-bond donors (Lipinski definition) is 1. The molecule has 0 unspecified atom stereocenters. The molecule has 1 aliphatic heterocycles. The Morgan fingerprint density at radius 2 is 2.12 bits per heavy atom. The maximum Gasteiger partial charge on any atom is 0.252 e. The lowest BCUT2D eigenvalue weighted by molar-refractivity contribution is -0.127. The minimum absolute atomic E-state index is 0.0834. The Kier molecular flexibility index (Phi) is 4.51. The summed E-state index contributed by atoms with van der Waals surface area (Å²) < 4.78 is 1.87. The topological polar surface area (TPSA) is 79.6 Å². The number of carbonyl (C=O) groups is 2. The van der Waals surface area contributed by atoms with Crippen molar-refractivity contribution in [3.05, 3.63) is 29.7 Å². The number of rotatable bonds is 4. The smallest absolute Gasteiger partial charge is 0.252 e. The van der Waals surface area contributed by atoms with Crippen molar-refractivity contribution < 1.29 is 9.59 Å². The van der Waals surface area contributed by atoms with Crippen LogP contribution in [0.3, 0.4) is 0 Å². The number of nitrogens with one attached hydrogen (secondary N) is 1. The standard InChI is InChI=1S/C17H23N5O2/c1-11(2)8-18-17(24)14-4-5-15-19-20-16(22(15)10-14)13-6-7-21(9-13)12(3)23/h4-5,10-11,13H,6-9H2,1-3H3,(H,18,24)/t13-/m1/s1. The fourth-order valence-electron chi connectivity index (χ4n) is 2.98. The molecular formula is C17H23N5O2. The molecule has 0 bridgehead atoms. The van der Waals surface area contributed by atoms with Gasteiger partial charge in [0.1, 0.15) is 5.82 Å². The lowest BCUT2D eigenvalue weighted by atomic mass is 10.1. The molecule has 1 atom stereocenters. The number of pyridine rings is 1. The van der Waals surface area contributed by atoms with Gasteiger partial charge in [0, 0.05) is 38.7 Å². The molecule has 128 valence electrons. The van der Waals surface area contributed by atoms with E-state index in [1.54, 1.807) is 25.3 Å². The molecule has 0 aliphatic carbocycles. The van der Waals surface area contributed by atoms with E-state index in [9.17, 15) is 9.59 Å². The molecule has 1 fully saturated rings. The molecule has 3 heterocycles. The molecular weight excluding hydrogens is 306 g/mol. The minimum atomic E-state index is -0.0953. The van der Waals surface area contributed by atoms with Gasteiger partial charge in [0.05, 0.1) is 5.56 Å². The van der Waals surface area contributed by atoms with E-state index in [0.29, 0.717) is 30.2 Å². The van der Waals surface area contributed by atoms with Gasteiger partial charge in [-0.05, 0) is 24.5 Å². The Hall–Kier alpha value is -2.44. The van der Waals surface area contributed by atoms with Gasteiger partial charge in [0.15, 0.2) is 5.65 Å². The maximum absolute atomic E-state index is 12.3. The minimum Gasteiger partial charge on any atom is -0.352 e. The van der Waals surface area contributed by atoms with Crippen molar-refractivity contribution in [1.29, 1.82) is 0 Å². The van der Waals surface area contributed by atoms with Crippen LogP contribution < -0.4 is 5.32 Å². The first-order valence-corrected chi connectivity index (χ1v) is 8.34. The van der Waals surface area contributed by atoms with E-state index in [1.165, 1.54) is 0 Å². The number of fused-ring (bicyclic) bond motifs is 1. The highest BCUT2D eigenvalue weighted by Gasteiger charge is 2.29. The highest BCUT2D eigenvalue weighted by molar-refractivity contribution is 5.94. The highest BCUT2D eigenvalue weighted by Crippen LogP contribution is 2.26. The zero-order valence-corrected chi connectivity index (χ0v) is 14.3. The molecule has 3 rings (SSSR count). The number of amides is 2. The van der Waals surface area contributed by atoms with Crippen LogP contribution in [0.25, 0.3) is 5.65 Å². The SMILES string of the molecule is CC(=O)N1CC[C@@H](c2nnc3ccc(C(=O)NCC(C)C)cn23)C1. The maximum atomic E-state index is 12.3. The van der Waals surface area contributed by atoms with Crippen molar-refractivity contribution in [2.75, 3.05) is 19.6 Å². The van der Waals surface area contributed by atoms with E-state index in [2.05, 4.69) is 29.4 Å². The van der Waals surface area contributed by atoms with Crippen molar-refractivity contribution in [3.63, 3.8) is 0 Å². The Bertz CT molecular complexity index is 767. The Labute approximate surface area is 141 Å². The van der Waals surface area contributed by atoms with Gasteiger partial charge in [-0.25, -0.2) is 0 Å². The molecule has 0 aromatic carbocycles. The molecule has 2 aromatic rings. The molecule has 2 amide bonds. The molecule has 1 N–H and O–H groups in total. The molecule has 7 nitrogen and oxygen atoms in total. The summed E-state index contributed by atoms with van der Waals surface area (Å²) in [4.78, 5) is 25.6. The summed E-state index contributed by atoms with van der Waals surface area (Å²) in [7, 11) is 0. The summed E-state index contributed by atoms with van der Waals surface area (Å²) in [6, 6.07) is 3.57. The second-order valence-corrected chi connectivity index (χ2v) is 6.76. The number of likely N-dealkylation sites (tertiary alicyclic amines) is 1. The van der Waals surface area contributed by atoms with Crippen LogP contribution in [0.5, 0.6) is 0 Å². The lowest BCUT2D eigenvalue weighted by Crippen LogP contribution is -2.27. The predicted octanol–water partition coefficient (Wildman–Crippen LogP) is 1.45. The van der Waals surface area contributed by atoms with E-state index >= 15 is 0 Å². The van der Waals surface area contributed by atoms with Crippen LogP contribution in [-0.2, 0) is 4.79 Å². The third kappa shape index (κ3) is 3.25. The third-order valence-corrected chi connectivity index (χ3v) is 4.36. The molecule has 0 spiro atoms. The summed E-state index contributed by atoms with van der Waals surface area (Å²) in [6.45, 7) is 7.73. The average Bonchev–Trinajstić information content (AvgIpc) is 3.18. The molecule has 1 aliphatic rings. The van der Waals surface area contributed by atoms with Gasteiger partial charge in [0.25, 0.3) is 5.91 Å². The van der Waals surface area contributed by atoms with Gasteiger partial charge in [0.2, 0.25) is 5.91 Å². The van der Waals surface area contributed by atoms with Gasteiger partial charge in [-0.2, -0.15) is 0 Å². The highest BCUT2D eigenvalue weighted by atomic mass is 16.2. The van der Waals surface area contributed by atoms with Crippen LogP contribution in [-0.4, -0.2) is 50.9 Å². The van der Waals surface area contributed by atoms with Gasteiger partial charge < -0.3 is 10.2 Å². The van der Waals surface area contributed by atoms with Gasteiger partial charge in [-0.3, -0.25) is 14.0 Å². The van der Waals surface area contributed by atoms with E-state index in [1.807, 2.05) is 9.30 Å². The molecule has 2 aromatic heterocycles. The van der Waals surface area contributed by atoms with E-state index in [4.69, 9.17) is 0 Å². The monoisotopic (exact) mass is 329 g/mol. The molecule has 0 radical (unpaired) electrons. The predicted molar refractivity (Wildman–Crippen MR) is 89.8 cm³/mol. The van der Waals surface area contributed by atoms with E-state index in [-0.39, 0.29) is 17.7 Å². The largest absolute Gasteiger partial charge is 0.352 e.